The van der Waals surface area contributed by atoms with Crippen LogP contribution in [0.15, 0.2) is 36.4 Å². The predicted molar refractivity (Wildman–Crippen MR) is 90.4 cm³/mol. The molecule has 1 aliphatic rings. The fraction of sp³-hybridized carbons (Fsp3) is 0.167. The van der Waals surface area contributed by atoms with Gasteiger partial charge in [0, 0.05) is 18.7 Å². The van der Waals surface area contributed by atoms with Crippen LogP contribution in [-0.4, -0.2) is 43.9 Å². The molecule has 0 radical (unpaired) electrons. The van der Waals surface area contributed by atoms with Gasteiger partial charge in [-0.25, -0.2) is 0 Å². The topological polar surface area (TPSA) is 84.9 Å². The molecule has 2 aromatic rings. The van der Waals surface area contributed by atoms with Crippen LogP contribution in [0.4, 0.5) is 5.69 Å². The molecule has 1 N–H and O–H groups in total. The zero-order valence-corrected chi connectivity index (χ0v) is 14.0. The highest BCUT2D eigenvalue weighted by Crippen LogP contribution is 2.30. The van der Waals surface area contributed by atoms with Gasteiger partial charge in [-0.05, 0) is 30.3 Å². The number of hydrogen-bond acceptors (Lipinski definition) is 5. The molecule has 0 aliphatic carbocycles. The van der Waals surface area contributed by atoms with E-state index in [1.54, 1.807) is 18.2 Å². The van der Waals surface area contributed by atoms with Crippen molar-refractivity contribution in [2.45, 2.75) is 0 Å². The van der Waals surface area contributed by atoms with Crippen LogP contribution in [0.2, 0.25) is 0 Å². The summed E-state index contributed by atoms with van der Waals surface area (Å²) in [5.74, 6) is -0.187. The number of rotatable bonds is 4. The second-order valence-corrected chi connectivity index (χ2v) is 5.45. The number of carbonyl (C=O) groups is 3. The third-order valence-electron chi connectivity index (χ3n) is 4.01. The van der Waals surface area contributed by atoms with Crippen molar-refractivity contribution in [3.05, 3.63) is 53.1 Å². The lowest BCUT2D eigenvalue weighted by Crippen LogP contribution is -2.24. The van der Waals surface area contributed by atoms with Crippen LogP contribution in [-0.2, 0) is 0 Å². The van der Waals surface area contributed by atoms with Crippen molar-refractivity contribution in [1.82, 2.24) is 4.90 Å². The minimum atomic E-state index is -0.427. The van der Waals surface area contributed by atoms with Crippen LogP contribution in [0.1, 0.15) is 31.1 Å². The molecule has 128 valence electrons. The van der Waals surface area contributed by atoms with Gasteiger partial charge in [0.05, 0.1) is 31.0 Å². The van der Waals surface area contributed by atoms with Gasteiger partial charge in [0.25, 0.3) is 17.7 Å². The number of nitrogens with zero attached hydrogens (tertiary/aromatic N) is 1. The lowest BCUT2D eigenvalue weighted by atomic mass is 10.1. The Morgan fingerprint density at radius 2 is 1.68 bits per heavy atom. The fourth-order valence-electron chi connectivity index (χ4n) is 2.61. The van der Waals surface area contributed by atoms with Gasteiger partial charge >= 0.3 is 0 Å². The van der Waals surface area contributed by atoms with E-state index in [0.717, 1.165) is 4.90 Å². The molecule has 0 saturated heterocycles. The highest BCUT2D eigenvalue weighted by molar-refractivity contribution is 6.22. The van der Waals surface area contributed by atoms with E-state index in [9.17, 15) is 14.4 Å². The summed E-state index contributed by atoms with van der Waals surface area (Å²) in [4.78, 5) is 37.5. The van der Waals surface area contributed by atoms with E-state index in [2.05, 4.69) is 5.32 Å². The average molecular weight is 340 g/mol. The van der Waals surface area contributed by atoms with Crippen LogP contribution in [0, 0.1) is 0 Å². The second-order valence-electron chi connectivity index (χ2n) is 5.45. The maximum absolute atomic E-state index is 12.5. The molecule has 25 heavy (non-hydrogen) atoms. The molecule has 1 aliphatic heterocycles. The molecule has 0 bridgehead atoms. The lowest BCUT2D eigenvalue weighted by Gasteiger charge is -2.12. The zero-order valence-electron chi connectivity index (χ0n) is 14.0. The van der Waals surface area contributed by atoms with E-state index in [4.69, 9.17) is 9.47 Å². The number of hydrogen-bond donors (Lipinski definition) is 1. The molecule has 0 unspecified atom stereocenters. The number of amides is 3. The van der Waals surface area contributed by atoms with Crippen LogP contribution < -0.4 is 14.8 Å². The smallest absolute Gasteiger partial charge is 0.261 e. The number of ether oxygens (including phenoxy) is 2. The quantitative estimate of drug-likeness (QED) is 0.863. The SMILES string of the molecule is COc1ccc(OC)c(NC(=O)c2ccc3c(c2)C(=O)N(C)C3=O)c1. The Bertz CT molecular complexity index is 891. The highest BCUT2D eigenvalue weighted by Gasteiger charge is 2.33. The summed E-state index contributed by atoms with van der Waals surface area (Å²) in [5.41, 5.74) is 1.22. The van der Waals surface area contributed by atoms with Crippen LogP contribution >= 0.6 is 0 Å². The molecule has 0 fully saturated rings. The van der Waals surface area contributed by atoms with E-state index in [1.165, 1.54) is 39.5 Å². The zero-order chi connectivity index (χ0) is 18.1. The summed E-state index contributed by atoms with van der Waals surface area (Å²) >= 11 is 0. The molecule has 2 aromatic carbocycles. The molecule has 3 amide bonds. The van der Waals surface area contributed by atoms with Crippen molar-refractivity contribution in [2.24, 2.45) is 0 Å². The Morgan fingerprint density at radius 1 is 0.960 bits per heavy atom. The summed E-state index contributed by atoms with van der Waals surface area (Å²) in [6, 6.07) is 9.42. The molecule has 0 atom stereocenters. The summed E-state index contributed by atoms with van der Waals surface area (Å²) in [5, 5.41) is 2.73. The van der Waals surface area contributed by atoms with Gasteiger partial charge in [0.1, 0.15) is 11.5 Å². The summed E-state index contributed by atoms with van der Waals surface area (Å²) in [6.45, 7) is 0. The first-order chi connectivity index (χ1) is 12.0. The summed E-state index contributed by atoms with van der Waals surface area (Å²) in [6.07, 6.45) is 0. The number of carbonyl (C=O) groups excluding carboxylic acids is 3. The molecule has 7 heteroatoms. The maximum Gasteiger partial charge on any atom is 0.261 e. The fourth-order valence-corrected chi connectivity index (χ4v) is 2.61. The molecule has 0 saturated carbocycles. The normalized spacial score (nSPS) is 12.8. The second kappa shape index (κ2) is 6.27. The van der Waals surface area contributed by atoms with Crippen molar-refractivity contribution in [2.75, 3.05) is 26.6 Å². The number of anilines is 1. The Balaban J connectivity index is 1.91. The number of methoxy groups -OCH3 is 2. The van der Waals surface area contributed by atoms with Gasteiger partial charge in [-0.1, -0.05) is 0 Å². The van der Waals surface area contributed by atoms with Gasteiger partial charge in [0.15, 0.2) is 0 Å². The standard InChI is InChI=1S/C18H16N2O5/c1-20-17(22)12-6-4-10(8-13(12)18(20)23)16(21)19-14-9-11(24-2)5-7-15(14)25-3/h4-9H,1-3H3,(H,19,21). The number of fused-ring (bicyclic) bond motifs is 1. The van der Waals surface area contributed by atoms with E-state index in [0.29, 0.717) is 22.7 Å². The van der Waals surface area contributed by atoms with Crippen LogP contribution in [0.25, 0.3) is 0 Å². The molecule has 0 aromatic heterocycles. The first kappa shape index (κ1) is 16.5. The average Bonchev–Trinajstić information content (AvgIpc) is 2.85. The van der Waals surface area contributed by atoms with Crippen molar-refractivity contribution >= 4 is 23.4 Å². The van der Waals surface area contributed by atoms with Crippen molar-refractivity contribution in [3.63, 3.8) is 0 Å². The molecule has 1 heterocycles. The Labute approximate surface area is 144 Å². The van der Waals surface area contributed by atoms with Gasteiger partial charge in [-0.3, -0.25) is 19.3 Å². The monoisotopic (exact) mass is 340 g/mol. The van der Waals surface area contributed by atoms with Crippen LogP contribution in [0.3, 0.4) is 0 Å². The molecule has 7 nitrogen and oxygen atoms in total. The van der Waals surface area contributed by atoms with E-state index in [-0.39, 0.29) is 17.0 Å². The third kappa shape index (κ3) is 2.80. The first-order valence-corrected chi connectivity index (χ1v) is 7.46. The number of nitrogens with one attached hydrogen (secondary N) is 1. The minimum Gasteiger partial charge on any atom is -0.497 e. The molecule has 0 spiro atoms. The highest BCUT2D eigenvalue weighted by atomic mass is 16.5. The third-order valence-corrected chi connectivity index (χ3v) is 4.01. The number of imide groups is 1. The van der Waals surface area contributed by atoms with Crippen molar-refractivity contribution < 1.29 is 23.9 Å². The Kier molecular flexibility index (Phi) is 4.14. The van der Waals surface area contributed by atoms with E-state index < -0.39 is 11.8 Å². The predicted octanol–water partition coefficient (Wildman–Crippen LogP) is 2.18. The van der Waals surface area contributed by atoms with Crippen LogP contribution in [0.5, 0.6) is 11.5 Å². The van der Waals surface area contributed by atoms with Gasteiger partial charge in [-0.15, -0.1) is 0 Å². The summed E-state index contributed by atoms with van der Waals surface area (Å²) in [7, 11) is 4.42. The molecular formula is C18H16N2O5. The number of benzene rings is 2. The van der Waals surface area contributed by atoms with E-state index in [1.807, 2.05) is 0 Å². The van der Waals surface area contributed by atoms with Crippen molar-refractivity contribution in [1.29, 1.82) is 0 Å². The van der Waals surface area contributed by atoms with Gasteiger partial charge < -0.3 is 14.8 Å². The van der Waals surface area contributed by atoms with Crippen molar-refractivity contribution in [3.8, 4) is 11.5 Å². The van der Waals surface area contributed by atoms with Gasteiger partial charge in [-0.2, -0.15) is 0 Å². The first-order valence-electron chi connectivity index (χ1n) is 7.46. The van der Waals surface area contributed by atoms with E-state index >= 15 is 0 Å². The summed E-state index contributed by atoms with van der Waals surface area (Å²) < 4.78 is 10.4. The Morgan fingerprint density at radius 3 is 2.36 bits per heavy atom. The minimum absolute atomic E-state index is 0.220. The molecule has 3 rings (SSSR count). The Hall–Kier alpha value is -3.35. The molecular weight excluding hydrogens is 324 g/mol. The lowest BCUT2D eigenvalue weighted by molar-refractivity contribution is 0.0693. The largest absolute Gasteiger partial charge is 0.497 e. The maximum atomic E-state index is 12.5. The van der Waals surface area contributed by atoms with Gasteiger partial charge in [0.2, 0.25) is 0 Å².